The maximum absolute atomic E-state index is 12.9. The number of aliphatic hydroxyl groups excluding tert-OH is 1. The summed E-state index contributed by atoms with van der Waals surface area (Å²) in [4.78, 5) is 23.5. The van der Waals surface area contributed by atoms with Gasteiger partial charge in [-0.25, -0.2) is 4.99 Å². The van der Waals surface area contributed by atoms with Crippen molar-refractivity contribution in [2.45, 2.75) is 39.3 Å². The molecule has 0 aliphatic carbocycles. The first kappa shape index (κ1) is 25.4. The van der Waals surface area contributed by atoms with Gasteiger partial charge in [-0.3, -0.25) is 14.7 Å². The molecule has 1 aliphatic rings. The number of rotatable bonds is 11. The van der Waals surface area contributed by atoms with Crippen LogP contribution in [0.1, 0.15) is 49.0 Å². The Labute approximate surface area is 200 Å². The molecule has 1 unspecified atom stereocenters. The SMILES string of the molecule is CCCN(CCC)C(O)C1=Cc2ccc(C(=O)Nc3cncc(OCCN)c3)cc2N=C(N)C1. The third-order valence-electron chi connectivity index (χ3n) is 5.34. The zero-order valence-corrected chi connectivity index (χ0v) is 19.8. The lowest BCUT2D eigenvalue weighted by atomic mass is 10.0. The molecule has 0 saturated heterocycles. The van der Waals surface area contributed by atoms with E-state index in [1.165, 1.54) is 0 Å². The van der Waals surface area contributed by atoms with E-state index in [9.17, 15) is 9.90 Å². The van der Waals surface area contributed by atoms with E-state index >= 15 is 0 Å². The molecule has 0 saturated carbocycles. The van der Waals surface area contributed by atoms with Crippen LogP contribution < -0.4 is 21.5 Å². The summed E-state index contributed by atoms with van der Waals surface area (Å²) < 4.78 is 5.46. The maximum Gasteiger partial charge on any atom is 0.255 e. The Morgan fingerprint density at radius 3 is 2.71 bits per heavy atom. The minimum atomic E-state index is -0.733. The number of carbonyl (C=O) groups is 1. The van der Waals surface area contributed by atoms with Gasteiger partial charge in [0.25, 0.3) is 5.91 Å². The van der Waals surface area contributed by atoms with Gasteiger partial charge in [-0.05, 0) is 36.6 Å². The van der Waals surface area contributed by atoms with Crippen molar-refractivity contribution in [3.63, 3.8) is 0 Å². The number of aromatic nitrogens is 1. The summed E-state index contributed by atoms with van der Waals surface area (Å²) in [5.74, 6) is 0.613. The first-order valence-electron chi connectivity index (χ1n) is 11.6. The molecule has 182 valence electrons. The Bertz CT molecular complexity index is 1050. The summed E-state index contributed by atoms with van der Waals surface area (Å²) in [5, 5.41) is 13.8. The van der Waals surface area contributed by atoms with Crippen molar-refractivity contribution < 1.29 is 14.6 Å². The van der Waals surface area contributed by atoms with E-state index < -0.39 is 6.23 Å². The number of ether oxygens (including phenoxy) is 1. The van der Waals surface area contributed by atoms with Crippen LogP contribution in [0.25, 0.3) is 6.08 Å². The van der Waals surface area contributed by atoms with Gasteiger partial charge < -0.3 is 26.6 Å². The van der Waals surface area contributed by atoms with Gasteiger partial charge in [0.05, 0.1) is 23.8 Å². The zero-order chi connectivity index (χ0) is 24.5. The summed E-state index contributed by atoms with van der Waals surface area (Å²) >= 11 is 0. The van der Waals surface area contributed by atoms with Crippen LogP contribution >= 0.6 is 0 Å². The number of nitrogens with one attached hydrogen (secondary N) is 1. The number of amidine groups is 1. The molecule has 3 rings (SSSR count). The van der Waals surface area contributed by atoms with Crippen molar-refractivity contribution >= 4 is 29.2 Å². The smallest absolute Gasteiger partial charge is 0.255 e. The van der Waals surface area contributed by atoms with Crippen molar-refractivity contribution in [1.29, 1.82) is 0 Å². The minimum Gasteiger partial charge on any atom is -0.491 e. The van der Waals surface area contributed by atoms with E-state index in [-0.39, 0.29) is 5.91 Å². The fourth-order valence-corrected chi connectivity index (χ4v) is 3.84. The molecule has 0 spiro atoms. The summed E-state index contributed by atoms with van der Waals surface area (Å²) in [6.07, 6.45) is 6.55. The van der Waals surface area contributed by atoms with Crippen LogP contribution in [0.3, 0.4) is 0 Å². The number of hydrogen-bond acceptors (Lipinski definition) is 8. The van der Waals surface area contributed by atoms with Crippen LogP contribution in [-0.2, 0) is 0 Å². The van der Waals surface area contributed by atoms with E-state index in [2.05, 4.69) is 29.1 Å². The summed E-state index contributed by atoms with van der Waals surface area (Å²) in [7, 11) is 0. The minimum absolute atomic E-state index is 0.306. The zero-order valence-electron chi connectivity index (χ0n) is 19.8. The number of aliphatic hydroxyl groups is 1. The third kappa shape index (κ3) is 6.63. The number of anilines is 1. The lowest BCUT2D eigenvalue weighted by Crippen LogP contribution is -2.38. The number of aliphatic imine (C=N–C) groups is 1. The van der Waals surface area contributed by atoms with E-state index in [4.69, 9.17) is 16.2 Å². The Hall–Kier alpha value is -3.27. The number of pyridine rings is 1. The van der Waals surface area contributed by atoms with Crippen LogP contribution in [-0.4, -0.2) is 59.2 Å². The van der Waals surface area contributed by atoms with Crippen LogP contribution in [0.5, 0.6) is 5.75 Å². The molecule has 1 aromatic carbocycles. The predicted molar refractivity (Wildman–Crippen MR) is 135 cm³/mol. The monoisotopic (exact) mass is 466 g/mol. The summed E-state index contributed by atoms with van der Waals surface area (Å²) in [5.41, 5.74) is 14.8. The third-order valence-corrected chi connectivity index (χ3v) is 5.34. The molecular formula is C25H34N6O3. The standard InChI is InChI=1S/C25H34N6O3/c1-3-8-31(9-4-2)25(33)19-11-17-5-6-18(12-22(17)30-23(27)13-19)24(32)29-20-14-21(16-28-15-20)34-10-7-26/h5-6,11-12,14-16,25,33H,3-4,7-10,13,26H2,1-2H3,(H2,27,30)(H,29,32). The number of fused-ring (bicyclic) bond motifs is 1. The van der Waals surface area contributed by atoms with E-state index in [0.29, 0.717) is 48.1 Å². The van der Waals surface area contributed by atoms with Crippen LogP contribution in [0, 0.1) is 0 Å². The summed E-state index contributed by atoms with van der Waals surface area (Å²) in [6, 6.07) is 6.93. The van der Waals surface area contributed by atoms with Crippen molar-refractivity contribution in [3.8, 4) is 5.75 Å². The molecule has 9 heteroatoms. The average Bonchev–Trinajstić information content (AvgIpc) is 2.99. The number of benzene rings is 1. The second-order valence-corrected chi connectivity index (χ2v) is 8.18. The number of hydrogen-bond donors (Lipinski definition) is 4. The molecule has 0 radical (unpaired) electrons. The molecule has 1 amide bonds. The van der Waals surface area contributed by atoms with Crippen molar-refractivity contribution in [3.05, 3.63) is 53.4 Å². The second kappa shape index (κ2) is 12.3. The highest BCUT2D eigenvalue weighted by atomic mass is 16.5. The highest BCUT2D eigenvalue weighted by Gasteiger charge is 2.22. The van der Waals surface area contributed by atoms with E-state index in [0.717, 1.165) is 37.1 Å². The molecular weight excluding hydrogens is 432 g/mol. The van der Waals surface area contributed by atoms with Gasteiger partial charge in [0.15, 0.2) is 0 Å². The van der Waals surface area contributed by atoms with E-state index in [1.807, 2.05) is 17.0 Å². The fourth-order valence-electron chi connectivity index (χ4n) is 3.84. The molecule has 1 atom stereocenters. The number of amides is 1. The largest absolute Gasteiger partial charge is 0.491 e. The molecule has 1 aliphatic heterocycles. The molecule has 2 aromatic rings. The van der Waals surface area contributed by atoms with Gasteiger partial charge in [0, 0.05) is 43.2 Å². The van der Waals surface area contributed by atoms with Gasteiger partial charge in [-0.1, -0.05) is 19.9 Å². The molecule has 6 N–H and O–H groups in total. The van der Waals surface area contributed by atoms with Crippen LogP contribution in [0.15, 0.2) is 47.2 Å². The van der Waals surface area contributed by atoms with Gasteiger partial charge in [0.1, 0.15) is 24.4 Å². The topological polar surface area (TPSA) is 139 Å². The number of nitrogens with zero attached hydrogens (tertiary/aromatic N) is 3. The number of carbonyl (C=O) groups excluding carboxylic acids is 1. The number of nitrogens with two attached hydrogens (primary N) is 2. The fraction of sp³-hybridized carbons (Fsp3) is 0.400. The van der Waals surface area contributed by atoms with E-state index in [1.54, 1.807) is 30.6 Å². The summed E-state index contributed by atoms with van der Waals surface area (Å²) in [6.45, 7) is 6.52. The predicted octanol–water partition coefficient (Wildman–Crippen LogP) is 2.89. The molecule has 0 fully saturated rings. The van der Waals surface area contributed by atoms with Crippen molar-refractivity contribution in [1.82, 2.24) is 9.88 Å². The normalized spacial score (nSPS) is 14.0. The average molecular weight is 467 g/mol. The quantitative estimate of drug-likeness (QED) is 0.373. The lowest BCUT2D eigenvalue weighted by molar-refractivity contribution is 0.0323. The van der Waals surface area contributed by atoms with Gasteiger partial charge >= 0.3 is 0 Å². The first-order valence-corrected chi connectivity index (χ1v) is 11.6. The molecule has 34 heavy (non-hydrogen) atoms. The van der Waals surface area contributed by atoms with Crippen LogP contribution in [0.2, 0.25) is 0 Å². The van der Waals surface area contributed by atoms with Gasteiger partial charge in [0.2, 0.25) is 0 Å². The highest BCUT2D eigenvalue weighted by Crippen LogP contribution is 2.30. The molecule has 0 bridgehead atoms. The highest BCUT2D eigenvalue weighted by molar-refractivity contribution is 6.05. The second-order valence-electron chi connectivity index (χ2n) is 8.18. The molecule has 9 nitrogen and oxygen atoms in total. The Morgan fingerprint density at radius 2 is 2.00 bits per heavy atom. The Balaban J connectivity index is 1.81. The van der Waals surface area contributed by atoms with Crippen LogP contribution in [0.4, 0.5) is 11.4 Å². The Morgan fingerprint density at radius 1 is 1.24 bits per heavy atom. The lowest BCUT2D eigenvalue weighted by Gasteiger charge is -2.28. The maximum atomic E-state index is 12.9. The first-order chi connectivity index (χ1) is 16.4. The van der Waals surface area contributed by atoms with Gasteiger partial charge in [-0.15, -0.1) is 0 Å². The van der Waals surface area contributed by atoms with Gasteiger partial charge in [-0.2, -0.15) is 0 Å². The Kier molecular flexibility index (Phi) is 9.15. The van der Waals surface area contributed by atoms with Crippen molar-refractivity contribution in [2.75, 3.05) is 31.6 Å². The molecule has 2 heterocycles. The van der Waals surface area contributed by atoms with Crippen molar-refractivity contribution in [2.24, 2.45) is 16.5 Å². The molecule has 1 aromatic heterocycles.